The number of carbonyl (C=O) groups is 2. The summed E-state index contributed by atoms with van der Waals surface area (Å²) >= 11 is 5.75. The number of hydrogen-bond acceptors (Lipinski definition) is 5. The molecule has 2 N–H and O–H groups in total. The van der Waals surface area contributed by atoms with Crippen LogP contribution in [0, 0.1) is 0 Å². The van der Waals surface area contributed by atoms with Crippen LogP contribution in [-0.4, -0.2) is 20.1 Å². The third-order valence-corrected chi connectivity index (χ3v) is 4.44. The molecule has 0 bridgehead atoms. The second-order valence-electron chi connectivity index (χ2n) is 4.62. The van der Waals surface area contributed by atoms with E-state index in [2.05, 4.69) is 0 Å². The van der Waals surface area contributed by atoms with Crippen molar-refractivity contribution in [2.75, 3.05) is 0 Å². The van der Waals surface area contributed by atoms with E-state index in [1.165, 1.54) is 49.4 Å². The molecule has 1 amide bonds. The van der Waals surface area contributed by atoms with E-state index in [0.717, 1.165) is 0 Å². The Hall–Kier alpha value is -2.38. The fourth-order valence-electron chi connectivity index (χ4n) is 1.79. The second-order valence-corrected chi connectivity index (χ2v) is 6.61. The van der Waals surface area contributed by atoms with Gasteiger partial charge in [-0.05, 0) is 37.3 Å². The van der Waals surface area contributed by atoms with Gasteiger partial charge in [0, 0.05) is 10.6 Å². The van der Waals surface area contributed by atoms with E-state index < -0.39 is 16.0 Å². The summed E-state index contributed by atoms with van der Waals surface area (Å²) in [5.74, 6) is -1.29. The first-order valence-electron chi connectivity index (χ1n) is 6.35. The van der Waals surface area contributed by atoms with Crippen LogP contribution in [0.2, 0.25) is 5.02 Å². The van der Waals surface area contributed by atoms with Gasteiger partial charge < -0.3 is 9.92 Å². The molecule has 0 aliphatic heterocycles. The highest BCUT2D eigenvalue weighted by Gasteiger charge is 2.20. The summed E-state index contributed by atoms with van der Waals surface area (Å²) in [6, 6.07) is 9.05. The average molecular weight is 354 g/mol. The molecule has 0 unspecified atom stereocenters. The lowest BCUT2D eigenvalue weighted by molar-refractivity contribution is 0.0994. The number of hydrogen-bond donors (Lipinski definition) is 1. The quantitative estimate of drug-likeness (QED) is 0.656. The molecule has 0 saturated carbocycles. The lowest BCUT2D eigenvalue weighted by atomic mass is 10.2. The van der Waals surface area contributed by atoms with Crippen LogP contribution in [-0.2, 0) is 10.1 Å². The third kappa shape index (κ3) is 3.88. The molecule has 0 radical (unpaired) electrons. The average Bonchev–Trinajstić information content (AvgIpc) is 2.48. The zero-order valence-corrected chi connectivity index (χ0v) is 13.5. The third-order valence-electron chi connectivity index (χ3n) is 2.96. The highest BCUT2D eigenvalue weighted by atomic mass is 35.5. The van der Waals surface area contributed by atoms with Gasteiger partial charge in [-0.1, -0.05) is 23.7 Å². The summed E-state index contributed by atoms with van der Waals surface area (Å²) in [6.45, 7) is 1.37. The maximum absolute atomic E-state index is 12.3. The first-order chi connectivity index (χ1) is 10.7. The summed E-state index contributed by atoms with van der Waals surface area (Å²) in [6.07, 6.45) is 0. The predicted octanol–water partition coefficient (Wildman–Crippen LogP) is 2.41. The van der Waals surface area contributed by atoms with Gasteiger partial charge in [0.2, 0.25) is 0 Å². The maximum Gasteiger partial charge on any atom is 0.339 e. The van der Waals surface area contributed by atoms with Crippen molar-refractivity contribution in [1.29, 1.82) is 0 Å². The molecular weight excluding hydrogens is 342 g/mol. The molecule has 0 fully saturated rings. The molecule has 0 saturated heterocycles. The van der Waals surface area contributed by atoms with Crippen molar-refractivity contribution in [3.63, 3.8) is 0 Å². The Morgan fingerprint density at radius 3 is 2.22 bits per heavy atom. The van der Waals surface area contributed by atoms with Gasteiger partial charge in [-0.15, -0.1) is 0 Å². The van der Waals surface area contributed by atoms with E-state index in [1.807, 2.05) is 0 Å². The number of nitrogens with two attached hydrogens (primary N) is 1. The van der Waals surface area contributed by atoms with Crippen molar-refractivity contribution >= 4 is 33.4 Å². The van der Waals surface area contributed by atoms with Crippen molar-refractivity contribution in [2.24, 2.45) is 5.73 Å². The summed E-state index contributed by atoms with van der Waals surface area (Å²) in [4.78, 5) is 22.4. The van der Waals surface area contributed by atoms with Crippen molar-refractivity contribution in [2.45, 2.75) is 11.8 Å². The summed E-state index contributed by atoms with van der Waals surface area (Å²) < 4.78 is 29.5. The largest absolute Gasteiger partial charge is 0.378 e. The Morgan fingerprint density at radius 1 is 1.09 bits per heavy atom. The predicted molar refractivity (Wildman–Crippen MR) is 84.2 cm³/mol. The Morgan fingerprint density at radius 2 is 1.70 bits per heavy atom. The van der Waals surface area contributed by atoms with Crippen molar-refractivity contribution in [1.82, 2.24) is 0 Å². The number of primary amides is 1. The minimum absolute atomic E-state index is 0.151. The second kappa shape index (κ2) is 6.39. The number of benzene rings is 2. The Labute approximate surface area is 137 Å². The molecule has 23 heavy (non-hydrogen) atoms. The summed E-state index contributed by atoms with van der Waals surface area (Å²) in [5.41, 5.74) is 5.40. The topological polar surface area (TPSA) is 104 Å². The number of carbonyl (C=O) groups excluding carboxylic acids is 2. The van der Waals surface area contributed by atoms with Gasteiger partial charge >= 0.3 is 10.1 Å². The van der Waals surface area contributed by atoms with Gasteiger partial charge in [0.15, 0.2) is 11.5 Å². The number of rotatable bonds is 5. The van der Waals surface area contributed by atoms with Crippen LogP contribution in [0.4, 0.5) is 0 Å². The molecule has 0 aromatic heterocycles. The van der Waals surface area contributed by atoms with Gasteiger partial charge in [0.05, 0.1) is 5.56 Å². The molecule has 0 heterocycles. The van der Waals surface area contributed by atoms with E-state index in [4.69, 9.17) is 21.5 Å². The normalized spacial score (nSPS) is 11.0. The first-order valence-corrected chi connectivity index (χ1v) is 8.14. The lowest BCUT2D eigenvalue weighted by Gasteiger charge is -2.10. The van der Waals surface area contributed by atoms with Crippen LogP contribution < -0.4 is 9.92 Å². The van der Waals surface area contributed by atoms with Crippen LogP contribution in [0.3, 0.4) is 0 Å². The number of ketones is 1. The van der Waals surface area contributed by atoms with Crippen molar-refractivity contribution in [3.8, 4) is 5.75 Å². The van der Waals surface area contributed by atoms with Crippen molar-refractivity contribution in [3.05, 3.63) is 58.6 Å². The summed E-state index contributed by atoms with van der Waals surface area (Å²) in [5, 5.41) is 0.217. The molecule has 8 heteroatoms. The Bertz CT molecular complexity index is 875. The van der Waals surface area contributed by atoms with Crippen molar-refractivity contribution < 1.29 is 22.2 Å². The van der Waals surface area contributed by atoms with Crippen LogP contribution in [0.1, 0.15) is 27.6 Å². The van der Waals surface area contributed by atoms with E-state index in [1.54, 1.807) is 0 Å². The number of Topliss-reactive ketones (excluding diaryl/α,β-unsaturated/α-hetero) is 1. The SMILES string of the molecule is CC(=O)c1ccc(S(=O)(=O)Oc2ccc(Cl)cc2C(N)=O)cc1. The highest BCUT2D eigenvalue weighted by Crippen LogP contribution is 2.26. The molecule has 0 spiro atoms. The minimum atomic E-state index is -4.19. The molecule has 0 atom stereocenters. The van der Waals surface area contributed by atoms with Gasteiger partial charge in [-0.2, -0.15) is 8.42 Å². The molecule has 2 aromatic rings. The van der Waals surface area contributed by atoms with E-state index in [0.29, 0.717) is 5.56 Å². The number of halogens is 1. The Balaban J connectivity index is 2.39. The zero-order chi connectivity index (χ0) is 17.2. The van der Waals surface area contributed by atoms with Crippen LogP contribution in [0.25, 0.3) is 0 Å². The minimum Gasteiger partial charge on any atom is -0.378 e. The van der Waals surface area contributed by atoms with Gasteiger partial charge in [-0.25, -0.2) is 0 Å². The van der Waals surface area contributed by atoms with Crippen LogP contribution in [0.5, 0.6) is 5.75 Å². The Kier molecular flexibility index (Phi) is 4.72. The van der Waals surface area contributed by atoms with Gasteiger partial charge in [0.25, 0.3) is 5.91 Å². The smallest absolute Gasteiger partial charge is 0.339 e. The maximum atomic E-state index is 12.3. The van der Waals surface area contributed by atoms with Crippen LogP contribution >= 0.6 is 11.6 Å². The fourth-order valence-corrected chi connectivity index (χ4v) is 2.91. The van der Waals surface area contributed by atoms with E-state index >= 15 is 0 Å². The molecule has 2 rings (SSSR count). The van der Waals surface area contributed by atoms with E-state index in [-0.39, 0.29) is 27.0 Å². The van der Waals surface area contributed by atoms with E-state index in [9.17, 15) is 18.0 Å². The zero-order valence-electron chi connectivity index (χ0n) is 11.9. The number of amides is 1. The summed E-state index contributed by atoms with van der Waals surface area (Å²) in [7, 11) is -4.19. The molecule has 0 aliphatic rings. The van der Waals surface area contributed by atoms with Gasteiger partial charge in [-0.3, -0.25) is 9.59 Å². The molecule has 0 aliphatic carbocycles. The first kappa shape index (κ1) is 17.0. The van der Waals surface area contributed by atoms with Gasteiger partial charge in [0.1, 0.15) is 4.90 Å². The molecular formula is C15H12ClNO5S. The lowest BCUT2D eigenvalue weighted by Crippen LogP contribution is -2.16. The molecule has 2 aromatic carbocycles. The monoisotopic (exact) mass is 353 g/mol. The molecule has 120 valence electrons. The fraction of sp³-hybridized carbons (Fsp3) is 0.0667. The molecule has 6 nitrogen and oxygen atoms in total. The van der Waals surface area contributed by atoms with Crippen LogP contribution in [0.15, 0.2) is 47.4 Å². The highest BCUT2D eigenvalue weighted by molar-refractivity contribution is 7.87. The standard InChI is InChI=1S/C15H12ClNO5S/c1-9(18)10-2-5-12(6-3-10)23(20,21)22-14-7-4-11(16)8-13(14)15(17)19/h2-8H,1H3,(H2,17,19).